The molecule has 1 rings (SSSR count). The molecule has 0 aliphatic rings. The fourth-order valence-corrected chi connectivity index (χ4v) is 2.64. The van der Waals surface area contributed by atoms with Crippen molar-refractivity contribution >= 4 is 11.3 Å². The van der Waals surface area contributed by atoms with Crippen LogP contribution in [0.2, 0.25) is 0 Å². The van der Waals surface area contributed by atoms with Gasteiger partial charge in [-0.3, -0.25) is 0 Å². The molecule has 0 saturated heterocycles. The van der Waals surface area contributed by atoms with Crippen LogP contribution in [-0.2, 0) is 6.54 Å². The van der Waals surface area contributed by atoms with E-state index >= 15 is 0 Å². The number of nitrogens with zero attached hydrogens (tertiary/aromatic N) is 2. The minimum absolute atomic E-state index is 1.05. The second-order valence-corrected chi connectivity index (χ2v) is 5.45. The molecule has 1 N–H and O–H groups in total. The Bertz CT molecular complexity index is 299. The summed E-state index contributed by atoms with van der Waals surface area (Å²) in [6.07, 6.45) is 3.90. The van der Waals surface area contributed by atoms with Crippen molar-refractivity contribution in [3.8, 4) is 0 Å². The summed E-state index contributed by atoms with van der Waals surface area (Å²) in [4.78, 5) is 8.08. The van der Waals surface area contributed by atoms with Crippen molar-refractivity contribution in [3.63, 3.8) is 0 Å². The molecular weight excluding hydrogens is 230 g/mol. The first-order valence-corrected chi connectivity index (χ1v) is 7.40. The summed E-state index contributed by atoms with van der Waals surface area (Å²) in [5.41, 5.74) is 3.13. The first-order chi connectivity index (χ1) is 8.24. The Morgan fingerprint density at radius 3 is 2.82 bits per heavy atom. The fourth-order valence-electron chi connectivity index (χ4n) is 1.79. The standard InChI is InChI=1S/C13H25N3S/c1-4-14-8-6-5-7-9-16(3)10-13-12(2)15-11-17-13/h11,14H,4-10H2,1-3H3. The first kappa shape index (κ1) is 14.6. The van der Waals surface area contributed by atoms with E-state index in [2.05, 4.69) is 36.1 Å². The van der Waals surface area contributed by atoms with E-state index in [-0.39, 0.29) is 0 Å². The maximum absolute atomic E-state index is 4.28. The van der Waals surface area contributed by atoms with Crippen molar-refractivity contribution in [1.82, 2.24) is 15.2 Å². The molecule has 0 unspecified atom stereocenters. The summed E-state index contributed by atoms with van der Waals surface area (Å²) in [5.74, 6) is 0. The van der Waals surface area contributed by atoms with E-state index in [1.807, 2.05) is 5.51 Å². The third-order valence-corrected chi connectivity index (χ3v) is 3.82. The van der Waals surface area contributed by atoms with Gasteiger partial charge in [-0.1, -0.05) is 13.3 Å². The van der Waals surface area contributed by atoms with E-state index in [9.17, 15) is 0 Å². The zero-order valence-corrected chi connectivity index (χ0v) is 12.1. The molecule has 0 saturated carbocycles. The van der Waals surface area contributed by atoms with Gasteiger partial charge in [0.25, 0.3) is 0 Å². The normalized spacial score (nSPS) is 11.3. The van der Waals surface area contributed by atoms with Gasteiger partial charge >= 0.3 is 0 Å². The van der Waals surface area contributed by atoms with Crippen molar-refractivity contribution in [2.24, 2.45) is 0 Å². The van der Waals surface area contributed by atoms with Crippen molar-refractivity contribution < 1.29 is 0 Å². The topological polar surface area (TPSA) is 28.2 Å². The second kappa shape index (κ2) is 8.61. The SMILES string of the molecule is CCNCCCCCN(C)Cc1scnc1C. The Morgan fingerprint density at radius 2 is 2.18 bits per heavy atom. The van der Waals surface area contributed by atoms with E-state index in [1.54, 1.807) is 11.3 Å². The van der Waals surface area contributed by atoms with Crippen LogP contribution >= 0.6 is 11.3 Å². The summed E-state index contributed by atoms with van der Waals surface area (Å²) in [6, 6.07) is 0. The Balaban J connectivity index is 2.05. The number of unbranched alkanes of at least 4 members (excludes halogenated alkanes) is 2. The molecule has 98 valence electrons. The Labute approximate surface area is 109 Å². The highest BCUT2D eigenvalue weighted by Crippen LogP contribution is 2.14. The second-order valence-electron chi connectivity index (χ2n) is 4.51. The fraction of sp³-hybridized carbons (Fsp3) is 0.769. The lowest BCUT2D eigenvalue weighted by molar-refractivity contribution is 0.319. The third-order valence-electron chi connectivity index (χ3n) is 2.90. The van der Waals surface area contributed by atoms with E-state index < -0.39 is 0 Å². The lowest BCUT2D eigenvalue weighted by atomic mass is 10.2. The van der Waals surface area contributed by atoms with Crippen LogP contribution in [0.25, 0.3) is 0 Å². The smallest absolute Gasteiger partial charge is 0.0798 e. The van der Waals surface area contributed by atoms with Crippen LogP contribution in [0, 0.1) is 6.92 Å². The molecule has 17 heavy (non-hydrogen) atoms. The van der Waals surface area contributed by atoms with Gasteiger partial charge in [0, 0.05) is 11.4 Å². The molecule has 0 spiro atoms. The molecular formula is C13H25N3S. The van der Waals surface area contributed by atoms with Crippen molar-refractivity contribution in [2.45, 2.75) is 39.7 Å². The molecule has 1 aromatic rings. The molecule has 0 radical (unpaired) electrons. The molecule has 0 fully saturated rings. The van der Waals surface area contributed by atoms with Gasteiger partial charge in [-0.25, -0.2) is 4.98 Å². The van der Waals surface area contributed by atoms with Crippen LogP contribution in [0.4, 0.5) is 0 Å². The largest absolute Gasteiger partial charge is 0.317 e. The van der Waals surface area contributed by atoms with Crippen molar-refractivity contribution in [2.75, 3.05) is 26.7 Å². The molecule has 0 aromatic carbocycles. The molecule has 0 aliphatic carbocycles. The van der Waals surface area contributed by atoms with Gasteiger partial charge in [-0.15, -0.1) is 11.3 Å². The molecule has 0 amide bonds. The number of aromatic nitrogens is 1. The van der Waals surface area contributed by atoms with Gasteiger partial charge in [-0.05, 0) is 46.4 Å². The minimum Gasteiger partial charge on any atom is -0.317 e. The third kappa shape index (κ3) is 6.15. The van der Waals surface area contributed by atoms with Crippen LogP contribution in [0.5, 0.6) is 0 Å². The van der Waals surface area contributed by atoms with Crippen LogP contribution in [0.3, 0.4) is 0 Å². The average molecular weight is 255 g/mol. The summed E-state index contributed by atoms with van der Waals surface area (Å²) in [5, 5.41) is 3.36. The molecule has 3 nitrogen and oxygen atoms in total. The molecule has 1 aromatic heterocycles. The van der Waals surface area contributed by atoms with Gasteiger partial charge in [0.1, 0.15) is 0 Å². The molecule has 0 bridgehead atoms. The number of aryl methyl sites for hydroxylation is 1. The predicted molar refractivity (Wildman–Crippen MR) is 75.6 cm³/mol. The van der Waals surface area contributed by atoms with E-state index in [0.29, 0.717) is 0 Å². The molecule has 1 heterocycles. The maximum Gasteiger partial charge on any atom is 0.0798 e. The average Bonchev–Trinajstić information content (AvgIpc) is 2.69. The summed E-state index contributed by atoms with van der Waals surface area (Å²) in [7, 11) is 2.20. The van der Waals surface area contributed by atoms with Gasteiger partial charge in [0.15, 0.2) is 0 Å². The minimum atomic E-state index is 1.05. The molecule has 4 heteroatoms. The van der Waals surface area contributed by atoms with Gasteiger partial charge in [0.05, 0.1) is 11.2 Å². The van der Waals surface area contributed by atoms with Crippen LogP contribution in [0.15, 0.2) is 5.51 Å². The van der Waals surface area contributed by atoms with Crippen LogP contribution in [-0.4, -0.2) is 36.6 Å². The Kier molecular flexibility index (Phi) is 7.40. The monoisotopic (exact) mass is 255 g/mol. The van der Waals surface area contributed by atoms with E-state index in [0.717, 1.165) is 19.6 Å². The zero-order chi connectivity index (χ0) is 12.5. The Morgan fingerprint density at radius 1 is 1.35 bits per heavy atom. The molecule has 0 atom stereocenters. The number of rotatable bonds is 9. The zero-order valence-electron chi connectivity index (χ0n) is 11.3. The summed E-state index contributed by atoms with van der Waals surface area (Å²) < 4.78 is 0. The number of nitrogens with one attached hydrogen (secondary N) is 1. The van der Waals surface area contributed by atoms with Crippen molar-refractivity contribution in [3.05, 3.63) is 16.1 Å². The van der Waals surface area contributed by atoms with Crippen LogP contribution < -0.4 is 5.32 Å². The number of thiazole rings is 1. The molecule has 0 aliphatic heterocycles. The lowest BCUT2D eigenvalue weighted by Gasteiger charge is -2.15. The van der Waals surface area contributed by atoms with Gasteiger partial charge < -0.3 is 10.2 Å². The van der Waals surface area contributed by atoms with E-state index in [1.165, 1.54) is 36.4 Å². The summed E-state index contributed by atoms with van der Waals surface area (Å²) >= 11 is 1.77. The maximum atomic E-state index is 4.28. The van der Waals surface area contributed by atoms with Gasteiger partial charge in [0.2, 0.25) is 0 Å². The highest BCUT2D eigenvalue weighted by atomic mass is 32.1. The van der Waals surface area contributed by atoms with Gasteiger partial charge in [-0.2, -0.15) is 0 Å². The lowest BCUT2D eigenvalue weighted by Crippen LogP contribution is -2.19. The predicted octanol–water partition coefficient (Wildman–Crippen LogP) is 2.66. The highest BCUT2D eigenvalue weighted by Gasteiger charge is 2.04. The Hall–Kier alpha value is -0.450. The highest BCUT2D eigenvalue weighted by molar-refractivity contribution is 7.09. The summed E-state index contributed by atoms with van der Waals surface area (Å²) in [6.45, 7) is 8.73. The number of hydrogen-bond acceptors (Lipinski definition) is 4. The number of hydrogen-bond donors (Lipinski definition) is 1. The van der Waals surface area contributed by atoms with Crippen LogP contribution in [0.1, 0.15) is 36.8 Å². The first-order valence-electron chi connectivity index (χ1n) is 6.52. The van der Waals surface area contributed by atoms with E-state index in [4.69, 9.17) is 0 Å². The quantitative estimate of drug-likeness (QED) is 0.688. The van der Waals surface area contributed by atoms with Crippen molar-refractivity contribution in [1.29, 1.82) is 0 Å².